The zero-order valence-corrected chi connectivity index (χ0v) is 22.7. The lowest BCUT2D eigenvalue weighted by atomic mass is 9.98. The largest absolute Gasteiger partial charge is 0.388 e. The number of hydrogen-bond acceptors (Lipinski definition) is 3. The normalized spacial score (nSPS) is 13.9. The fraction of sp³-hybridized carbons (Fsp3) is 0.143. The molecule has 39 heavy (non-hydrogen) atoms. The maximum atomic E-state index is 15.6. The molecule has 0 spiro atoms. The van der Waals surface area contributed by atoms with Gasteiger partial charge in [-0.3, -0.25) is 0 Å². The lowest BCUT2D eigenvalue weighted by molar-refractivity contribution is 0.0236. The van der Waals surface area contributed by atoms with Crippen LogP contribution < -0.4 is 10.6 Å². The molecule has 0 saturated carbocycles. The molecule has 0 bridgehead atoms. The molecule has 0 aliphatic rings. The maximum Gasteiger partial charge on any atom is 0.149 e. The molecule has 5 rings (SSSR count). The van der Waals surface area contributed by atoms with Crippen molar-refractivity contribution in [1.82, 2.24) is 0 Å². The predicted molar refractivity (Wildman–Crippen MR) is 160 cm³/mol. The maximum absolute atomic E-state index is 15.6. The van der Waals surface area contributed by atoms with Crippen LogP contribution in [-0.4, -0.2) is 10.8 Å². The van der Waals surface area contributed by atoms with Gasteiger partial charge in [0, 0.05) is 10.6 Å². The first-order chi connectivity index (χ1) is 19.2. The number of benzene rings is 5. The highest BCUT2D eigenvalue weighted by molar-refractivity contribution is 7.79. The molecule has 3 nitrogen and oxygen atoms in total. The molecule has 0 saturated heterocycles. The third kappa shape index (κ3) is 6.29. The monoisotopic (exact) mass is 532 g/mol. The van der Waals surface area contributed by atoms with Gasteiger partial charge in [0.25, 0.3) is 0 Å². The van der Waals surface area contributed by atoms with E-state index >= 15 is 4.57 Å². The molecule has 0 aromatic heterocycles. The number of ether oxygens (including phenoxy) is 1. The highest BCUT2D eigenvalue weighted by atomic mass is 31.2. The van der Waals surface area contributed by atoms with Crippen LogP contribution >= 0.6 is 7.14 Å². The molecule has 196 valence electrons. The van der Waals surface area contributed by atoms with Gasteiger partial charge >= 0.3 is 0 Å². The van der Waals surface area contributed by atoms with Crippen LogP contribution in [0, 0.1) is 0 Å². The second-order valence-corrected chi connectivity index (χ2v) is 12.7. The van der Waals surface area contributed by atoms with Crippen molar-refractivity contribution in [3.8, 4) is 0 Å². The topological polar surface area (TPSA) is 46.5 Å². The summed E-state index contributed by atoms with van der Waals surface area (Å²) in [5, 5.41) is 13.4. The fourth-order valence-electron chi connectivity index (χ4n) is 5.14. The first-order valence-electron chi connectivity index (χ1n) is 13.3. The van der Waals surface area contributed by atoms with Crippen LogP contribution in [-0.2, 0) is 15.9 Å². The minimum Gasteiger partial charge on any atom is -0.388 e. The molecular weight excluding hydrogens is 499 g/mol. The van der Waals surface area contributed by atoms with E-state index in [0.717, 1.165) is 27.3 Å². The molecule has 0 unspecified atom stereocenters. The highest BCUT2D eigenvalue weighted by Gasteiger charge is 2.43. The Balaban J connectivity index is 1.62. The summed E-state index contributed by atoms with van der Waals surface area (Å²) in [6.45, 7) is 0.412. The van der Waals surface area contributed by atoms with Crippen molar-refractivity contribution in [3.63, 3.8) is 0 Å². The predicted octanol–water partition coefficient (Wildman–Crippen LogP) is 7.45. The van der Waals surface area contributed by atoms with Crippen molar-refractivity contribution in [3.05, 3.63) is 168 Å². The van der Waals surface area contributed by atoms with E-state index in [1.54, 1.807) is 0 Å². The number of aliphatic hydroxyl groups excluding tert-OH is 1. The summed E-state index contributed by atoms with van der Waals surface area (Å²) in [7, 11) is -3.36. The first kappa shape index (κ1) is 26.8. The molecule has 5 aromatic rings. The van der Waals surface area contributed by atoms with E-state index in [9.17, 15) is 5.11 Å². The lowest BCUT2D eigenvalue weighted by Gasteiger charge is -2.35. The SMILES string of the molecule is O=P(c1ccccc1)(c1ccccc1)[C@H](C[C@H](OCc1ccccc1)c1ccccc1)[C@H](O)c1ccccc1. The minimum absolute atomic E-state index is 0.369. The average Bonchev–Trinajstić information content (AvgIpc) is 3.03. The van der Waals surface area contributed by atoms with E-state index in [-0.39, 0.29) is 6.10 Å². The zero-order chi connectivity index (χ0) is 26.9. The van der Waals surface area contributed by atoms with Crippen LogP contribution in [0.3, 0.4) is 0 Å². The van der Waals surface area contributed by atoms with Crippen molar-refractivity contribution >= 4 is 17.8 Å². The summed E-state index contributed by atoms with van der Waals surface area (Å²) in [5.41, 5.74) is 2.16. The fourth-order valence-corrected chi connectivity index (χ4v) is 8.49. The lowest BCUT2D eigenvalue weighted by Crippen LogP contribution is -2.32. The molecule has 0 aliphatic heterocycles. The highest BCUT2D eigenvalue weighted by Crippen LogP contribution is 2.56. The summed E-state index contributed by atoms with van der Waals surface area (Å²) < 4.78 is 22.1. The van der Waals surface area contributed by atoms with Gasteiger partial charge in [-0.2, -0.15) is 0 Å². The Morgan fingerprint density at radius 3 is 1.46 bits per heavy atom. The number of aliphatic hydroxyl groups is 1. The van der Waals surface area contributed by atoms with Crippen LogP contribution in [0.5, 0.6) is 0 Å². The zero-order valence-electron chi connectivity index (χ0n) is 21.8. The van der Waals surface area contributed by atoms with E-state index < -0.39 is 18.9 Å². The summed E-state index contributed by atoms with van der Waals surface area (Å²) >= 11 is 0. The van der Waals surface area contributed by atoms with Gasteiger partial charge in [-0.05, 0) is 23.1 Å². The molecule has 5 aromatic carbocycles. The quantitative estimate of drug-likeness (QED) is 0.180. The Bertz CT molecular complexity index is 1420. The Hall–Kier alpha value is -3.75. The second kappa shape index (κ2) is 12.9. The molecule has 0 heterocycles. The second-order valence-electron chi connectivity index (χ2n) is 9.68. The summed E-state index contributed by atoms with van der Waals surface area (Å²) in [6.07, 6.45) is -0.979. The Morgan fingerprint density at radius 1 is 0.564 bits per heavy atom. The summed E-state index contributed by atoms with van der Waals surface area (Å²) in [4.78, 5) is 0. The van der Waals surface area contributed by atoms with Crippen molar-refractivity contribution < 1.29 is 14.4 Å². The van der Waals surface area contributed by atoms with Crippen LogP contribution in [0.15, 0.2) is 152 Å². The van der Waals surface area contributed by atoms with Crippen molar-refractivity contribution in [2.45, 2.75) is 30.9 Å². The smallest absolute Gasteiger partial charge is 0.149 e. The van der Waals surface area contributed by atoms with E-state index in [1.165, 1.54) is 0 Å². The third-order valence-corrected chi connectivity index (χ3v) is 10.7. The molecule has 0 aliphatic carbocycles. The van der Waals surface area contributed by atoms with E-state index in [2.05, 4.69) is 0 Å². The van der Waals surface area contributed by atoms with Gasteiger partial charge in [0.1, 0.15) is 7.14 Å². The van der Waals surface area contributed by atoms with Crippen LogP contribution in [0.2, 0.25) is 0 Å². The van der Waals surface area contributed by atoms with Gasteiger partial charge in [-0.1, -0.05) is 152 Å². The van der Waals surface area contributed by atoms with Crippen molar-refractivity contribution in [2.24, 2.45) is 0 Å². The molecule has 3 atom stereocenters. The van der Waals surface area contributed by atoms with E-state index in [1.807, 2.05) is 152 Å². The molecule has 0 radical (unpaired) electrons. The van der Waals surface area contributed by atoms with Gasteiger partial charge in [-0.25, -0.2) is 0 Å². The molecule has 0 fully saturated rings. The summed E-state index contributed by atoms with van der Waals surface area (Å²) in [5.74, 6) is 0. The Kier molecular flexibility index (Phi) is 8.85. The van der Waals surface area contributed by atoms with Crippen LogP contribution in [0.4, 0.5) is 0 Å². The standard InChI is InChI=1S/C35H33O3P/c36-35(30-20-10-3-11-21-30)34(39(37,31-22-12-4-13-23-31)32-24-14-5-15-25-32)26-33(29-18-8-2-9-19-29)38-27-28-16-6-1-7-17-28/h1-25,33-36H,26-27H2/t33-,34+,35+/m0/s1. The Morgan fingerprint density at radius 2 is 0.974 bits per heavy atom. The van der Waals surface area contributed by atoms with Gasteiger partial charge in [0.05, 0.1) is 24.5 Å². The molecule has 0 amide bonds. The average molecular weight is 533 g/mol. The van der Waals surface area contributed by atoms with Gasteiger partial charge in [0.15, 0.2) is 0 Å². The third-order valence-electron chi connectivity index (χ3n) is 7.17. The van der Waals surface area contributed by atoms with E-state index in [4.69, 9.17) is 4.74 Å². The van der Waals surface area contributed by atoms with Gasteiger partial charge in [0.2, 0.25) is 0 Å². The van der Waals surface area contributed by atoms with Crippen molar-refractivity contribution in [1.29, 1.82) is 0 Å². The van der Waals surface area contributed by atoms with Crippen molar-refractivity contribution in [2.75, 3.05) is 0 Å². The van der Waals surface area contributed by atoms with Gasteiger partial charge < -0.3 is 14.4 Å². The minimum atomic E-state index is -3.36. The Labute approximate surface area is 231 Å². The summed E-state index contributed by atoms with van der Waals surface area (Å²) in [6, 6.07) is 48.8. The molecule has 1 N–H and O–H groups in total. The van der Waals surface area contributed by atoms with Crippen LogP contribution in [0.1, 0.15) is 35.3 Å². The molecule has 4 heteroatoms. The molecular formula is C35H33O3P. The van der Waals surface area contributed by atoms with E-state index in [0.29, 0.717) is 13.0 Å². The number of rotatable bonds is 11. The van der Waals surface area contributed by atoms with Crippen LogP contribution in [0.25, 0.3) is 0 Å². The first-order valence-corrected chi connectivity index (χ1v) is 15.1. The number of hydrogen-bond donors (Lipinski definition) is 1. The van der Waals surface area contributed by atoms with Gasteiger partial charge in [-0.15, -0.1) is 0 Å².